The Morgan fingerprint density at radius 2 is 2.22 bits per heavy atom. The molecule has 23 heavy (non-hydrogen) atoms. The third-order valence-corrected chi connectivity index (χ3v) is 4.86. The van der Waals surface area contributed by atoms with Crippen molar-refractivity contribution in [3.8, 4) is 21.9 Å². The first kappa shape index (κ1) is 14.6. The molecule has 1 aliphatic rings. The topological polar surface area (TPSA) is 88.2 Å². The summed E-state index contributed by atoms with van der Waals surface area (Å²) in [5, 5.41) is 10.7. The molecule has 0 amide bonds. The van der Waals surface area contributed by atoms with E-state index in [-0.39, 0.29) is 11.4 Å². The van der Waals surface area contributed by atoms with E-state index in [4.69, 9.17) is 16.0 Å². The van der Waals surface area contributed by atoms with Crippen molar-refractivity contribution >= 4 is 28.1 Å². The van der Waals surface area contributed by atoms with E-state index < -0.39 is 0 Å². The second-order valence-electron chi connectivity index (χ2n) is 5.16. The molecule has 3 aromatic heterocycles. The minimum absolute atomic E-state index is 0.162. The van der Waals surface area contributed by atoms with Gasteiger partial charge < -0.3 is 14.4 Å². The molecule has 0 radical (unpaired) electrons. The highest BCUT2D eigenvalue weighted by atomic mass is 35.5. The standard InChI is InChI=1S/C14H12ClN5O2S/c15-13-17-3-9(10-4-16-7-22-10)12(19-13)11-5-18-14(23-11)20-2-1-8(21)6-20/h3-5,7-8,21H,1-2,6H2. The van der Waals surface area contributed by atoms with E-state index in [1.54, 1.807) is 18.6 Å². The van der Waals surface area contributed by atoms with Gasteiger partial charge in [-0.1, -0.05) is 11.3 Å². The normalized spacial score (nSPS) is 17.8. The second kappa shape index (κ2) is 5.88. The predicted octanol–water partition coefficient (Wildman–Crippen LogP) is 2.48. The van der Waals surface area contributed by atoms with E-state index in [1.165, 1.54) is 17.7 Å². The van der Waals surface area contributed by atoms with Crippen LogP contribution in [0.1, 0.15) is 6.42 Å². The van der Waals surface area contributed by atoms with Crippen LogP contribution in [0.2, 0.25) is 5.28 Å². The Hall–Kier alpha value is -2.03. The maximum absolute atomic E-state index is 9.67. The van der Waals surface area contributed by atoms with Crippen LogP contribution < -0.4 is 4.90 Å². The first-order chi connectivity index (χ1) is 11.2. The minimum atomic E-state index is -0.291. The van der Waals surface area contributed by atoms with Crippen LogP contribution in [-0.4, -0.2) is 44.2 Å². The number of nitrogens with zero attached hydrogens (tertiary/aromatic N) is 5. The smallest absolute Gasteiger partial charge is 0.222 e. The fraction of sp³-hybridized carbons (Fsp3) is 0.286. The molecule has 1 N–H and O–H groups in total. The van der Waals surface area contributed by atoms with Crippen LogP contribution in [0, 0.1) is 0 Å². The summed E-state index contributed by atoms with van der Waals surface area (Å²) in [6.07, 6.45) is 6.80. The number of aliphatic hydroxyl groups excluding tert-OH is 1. The molecule has 1 saturated heterocycles. The Labute approximate surface area is 140 Å². The van der Waals surface area contributed by atoms with E-state index in [0.717, 1.165) is 23.0 Å². The molecule has 0 spiro atoms. The van der Waals surface area contributed by atoms with E-state index in [2.05, 4.69) is 24.8 Å². The average Bonchev–Trinajstić information content (AvgIpc) is 3.28. The average molecular weight is 350 g/mol. The van der Waals surface area contributed by atoms with Crippen LogP contribution in [0.5, 0.6) is 0 Å². The molecule has 0 saturated carbocycles. The number of halogens is 1. The molecule has 1 aliphatic heterocycles. The predicted molar refractivity (Wildman–Crippen MR) is 86.5 cm³/mol. The SMILES string of the molecule is OC1CCN(c2ncc(-c3nc(Cl)ncc3-c3cnco3)s2)C1. The number of oxazole rings is 1. The number of rotatable bonds is 3. The Kier molecular flexibility index (Phi) is 3.72. The summed E-state index contributed by atoms with van der Waals surface area (Å²) in [5.41, 5.74) is 1.37. The lowest BCUT2D eigenvalue weighted by Gasteiger charge is -2.12. The van der Waals surface area contributed by atoms with Gasteiger partial charge in [0.25, 0.3) is 0 Å². The maximum atomic E-state index is 9.67. The molecule has 1 atom stereocenters. The summed E-state index contributed by atoms with van der Waals surface area (Å²) in [5.74, 6) is 0.572. The fourth-order valence-corrected chi connectivity index (χ4v) is 3.60. The second-order valence-corrected chi connectivity index (χ2v) is 6.51. The number of β-amino-alcohol motifs (C(OH)–C–C–N with tert-alkyl or cyclic N) is 1. The molecular weight excluding hydrogens is 338 g/mol. The zero-order chi connectivity index (χ0) is 15.8. The van der Waals surface area contributed by atoms with Crippen LogP contribution in [0.3, 0.4) is 0 Å². The number of hydrogen-bond acceptors (Lipinski definition) is 8. The zero-order valence-electron chi connectivity index (χ0n) is 11.9. The molecule has 0 bridgehead atoms. The monoisotopic (exact) mass is 349 g/mol. The molecule has 0 aliphatic carbocycles. The van der Waals surface area contributed by atoms with Crippen LogP contribution in [0.25, 0.3) is 21.9 Å². The first-order valence-electron chi connectivity index (χ1n) is 7.01. The summed E-state index contributed by atoms with van der Waals surface area (Å²) in [6.45, 7) is 1.40. The Morgan fingerprint density at radius 3 is 2.96 bits per heavy atom. The van der Waals surface area contributed by atoms with Crippen LogP contribution in [-0.2, 0) is 0 Å². The largest absolute Gasteiger partial charge is 0.443 e. The van der Waals surface area contributed by atoms with Crippen molar-refractivity contribution < 1.29 is 9.52 Å². The molecule has 9 heteroatoms. The number of aliphatic hydroxyl groups is 1. The van der Waals surface area contributed by atoms with Crippen molar-refractivity contribution in [3.63, 3.8) is 0 Å². The summed E-state index contributed by atoms with van der Waals surface area (Å²) >= 11 is 7.45. The fourth-order valence-electron chi connectivity index (χ4n) is 2.51. The van der Waals surface area contributed by atoms with E-state index in [9.17, 15) is 5.11 Å². The van der Waals surface area contributed by atoms with Crippen LogP contribution >= 0.6 is 22.9 Å². The summed E-state index contributed by atoms with van der Waals surface area (Å²) in [6, 6.07) is 0. The van der Waals surface area contributed by atoms with Gasteiger partial charge in [0.1, 0.15) is 0 Å². The van der Waals surface area contributed by atoms with Crippen molar-refractivity contribution in [1.29, 1.82) is 0 Å². The highest BCUT2D eigenvalue weighted by molar-refractivity contribution is 7.18. The minimum Gasteiger partial charge on any atom is -0.443 e. The summed E-state index contributed by atoms with van der Waals surface area (Å²) in [4.78, 5) is 19.6. The van der Waals surface area contributed by atoms with E-state index >= 15 is 0 Å². The lowest BCUT2D eigenvalue weighted by atomic mass is 10.2. The van der Waals surface area contributed by atoms with Crippen molar-refractivity contribution in [2.75, 3.05) is 18.0 Å². The third-order valence-electron chi connectivity index (χ3n) is 3.62. The zero-order valence-corrected chi connectivity index (χ0v) is 13.5. The van der Waals surface area contributed by atoms with Gasteiger partial charge in [-0.25, -0.2) is 19.9 Å². The van der Waals surface area contributed by atoms with Gasteiger partial charge in [0.2, 0.25) is 5.28 Å². The molecule has 0 aromatic carbocycles. The van der Waals surface area contributed by atoms with Gasteiger partial charge in [-0.15, -0.1) is 0 Å². The molecule has 1 unspecified atom stereocenters. The van der Waals surface area contributed by atoms with Crippen molar-refractivity contribution in [3.05, 3.63) is 30.3 Å². The van der Waals surface area contributed by atoms with Gasteiger partial charge >= 0.3 is 0 Å². The molecular formula is C14H12ClN5O2S. The van der Waals surface area contributed by atoms with Gasteiger partial charge in [0.15, 0.2) is 17.3 Å². The van der Waals surface area contributed by atoms with Gasteiger partial charge in [-0.05, 0) is 18.0 Å². The lowest BCUT2D eigenvalue weighted by Crippen LogP contribution is -2.20. The van der Waals surface area contributed by atoms with E-state index in [1.807, 2.05) is 0 Å². The lowest BCUT2D eigenvalue weighted by molar-refractivity contribution is 0.198. The van der Waals surface area contributed by atoms with Gasteiger partial charge in [-0.2, -0.15) is 0 Å². The molecule has 7 nitrogen and oxygen atoms in total. The molecule has 3 aromatic rings. The first-order valence-corrected chi connectivity index (χ1v) is 8.21. The molecule has 118 valence electrons. The highest BCUT2D eigenvalue weighted by Gasteiger charge is 2.24. The van der Waals surface area contributed by atoms with Crippen LogP contribution in [0.4, 0.5) is 5.13 Å². The van der Waals surface area contributed by atoms with Crippen molar-refractivity contribution in [2.24, 2.45) is 0 Å². The molecule has 1 fully saturated rings. The van der Waals surface area contributed by atoms with E-state index in [0.29, 0.717) is 23.6 Å². The number of aromatic nitrogens is 4. The highest BCUT2D eigenvalue weighted by Crippen LogP contribution is 2.37. The Morgan fingerprint density at radius 1 is 1.30 bits per heavy atom. The van der Waals surface area contributed by atoms with Crippen molar-refractivity contribution in [2.45, 2.75) is 12.5 Å². The maximum Gasteiger partial charge on any atom is 0.222 e. The van der Waals surface area contributed by atoms with Gasteiger partial charge in [-0.3, -0.25) is 0 Å². The summed E-state index contributed by atoms with van der Waals surface area (Å²) < 4.78 is 5.35. The number of hydrogen-bond donors (Lipinski definition) is 1. The molecule has 4 heterocycles. The van der Waals surface area contributed by atoms with Crippen molar-refractivity contribution in [1.82, 2.24) is 19.9 Å². The molecule has 4 rings (SSSR count). The quantitative estimate of drug-likeness (QED) is 0.726. The van der Waals surface area contributed by atoms with Gasteiger partial charge in [0.05, 0.1) is 28.4 Å². The Bertz CT molecular complexity index is 822. The number of thiazole rings is 1. The summed E-state index contributed by atoms with van der Waals surface area (Å²) in [7, 11) is 0. The Balaban J connectivity index is 1.73. The third kappa shape index (κ3) is 2.80. The number of anilines is 1. The van der Waals surface area contributed by atoms with Gasteiger partial charge in [0, 0.05) is 25.5 Å². The van der Waals surface area contributed by atoms with Crippen LogP contribution in [0.15, 0.2) is 29.4 Å².